The van der Waals surface area contributed by atoms with Crippen LogP contribution in [0.2, 0.25) is 0 Å². The molecule has 0 radical (unpaired) electrons. The van der Waals surface area contributed by atoms with E-state index in [2.05, 4.69) is 5.32 Å². The van der Waals surface area contributed by atoms with Gasteiger partial charge < -0.3 is 16.2 Å². The molecule has 2 unspecified atom stereocenters. The minimum Gasteiger partial charge on any atom is -0.396 e. The molecule has 16 heavy (non-hydrogen) atoms. The van der Waals surface area contributed by atoms with Crippen molar-refractivity contribution < 1.29 is 9.90 Å². The van der Waals surface area contributed by atoms with Crippen molar-refractivity contribution in [2.75, 3.05) is 19.7 Å². The highest BCUT2D eigenvalue weighted by Gasteiger charge is 2.11. The molecule has 0 saturated heterocycles. The quantitative estimate of drug-likeness (QED) is 0.515. The molecular formula is C12H26N2O2. The van der Waals surface area contributed by atoms with Gasteiger partial charge in [0.05, 0.1) is 0 Å². The van der Waals surface area contributed by atoms with E-state index >= 15 is 0 Å². The van der Waals surface area contributed by atoms with Gasteiger partial charge >= 0.3 is 0 Å². The maximum absolute atomic E-state index is 11.6. The van der Waals surface area contributed by atoms with Crippen molar-refractivity contribution in [1.82, 2.24) is 5.32 Å². The molecule has 4 N–H and O–H groups in total. The van der Waals surface area contributed by atoms with Gasteiger partial charge in [0, 0.05) is 19.1 Å². The fourth-order valence-electron chi connectivity index (χ4n) is 1.48. The fraction of sp³-hybridized carbons (Fsp3) is 0.917. The molecule has 1 amide bonds. The summed E-state index contributed by atoms with van der Waals surface area (Å²) in [6.45, 7) is 5.51. The lowest BCUT2D eigenvalue weighted by Crippen LogP contribution is -2.30. The molecule has 0 aromatic carbocycles. The number of amides is 1. The second kappa shape index (κ2) is 9.60. The summed E-state index contributed by atoms with van der Waals surface area (Å²) in [6, 6.07) is 0. The summed E-state index contributed by atoms with van der Waals surface area (Å²) in [6.07, 6.45) is 3.64. The zero-order valence-electron chi connectivity index (χ0n) is 10.5. The molecule has 0 aromatic rings. The van der Waals surface area contributed by atoms with Crippen molar-refractivity contribution in [3.63, 3.8) is 0 Å². The molecule has 4 nitrogen and oxygen atoms in total. The van der Waals surface area contributed by atoms with E-state index in [9.17, 15) is 4.79 Å². The van der Waals surface area contributed by atoms with E-state index in [-0.39, 0.29) is 18.4 Å². The van der Waals surface area contributed by atoms with E-state index in [0.29, 0.717) is 19.0 Å². The molecule has 0 aliphatic heterocycles. The Morgan fingerprint density at radius 1 is 1.31 bits per heavy atom. The van der Waals surface area contributed by atoms with Gasteiger partial charge in [-0.15, -0.1) is 0 Å². The average molecular weight is 230 g/mol. The van der Waals surface area contributed by atoms with Gasteiger partial charge in [0.1, 0.15) is 0 Å². The molecule has 0 fully saturated rings. The number of rotatable bonds is 9. The van der Waals surface area contributed by atoms with Gasteiger partial charge in [-0.1, -0.05) is 13.8 Å². The lowest BCUT2D eigenvalue weighted by Gasteiger charge is -2.12. The monoisotopic (exact) mass is 230 g/mol. The molecule has 0 spiro atoms. The van der Waals surface area contributed by atoms with E-state index in [0.717, 1.165) is 25.7 Å². The van der Waals surface area contributed by atoms with Crippen LogP contribution in [-0.2, 0) is 4.79 Å². The van der Waals surface area contributed by atoms with Crippen LogP contribution in [0.15, 0.2) is 0 Å². The maximum Gasteiger partial charge on any atom is 0.222 e. The number of nitrogens with two attached hydrogens (primary N) is 1. The van der Waals surface area contributed by atoms with Crippen LogP contribution in [0.1, 0.15) is 39.5 Å². The van der Waals surface area contributed by atoms with Gasteiger partial charge in [-0.2, -0.15) is 0 Å². The van der Waals surface area contributed by atoms with Crippen LogP contribution in [0.3, 0.4) is 0 Å². The van der Waals surface area contributed by atoms with E-state index in [1.165, 1.54) is 0 Å². The molecule has 0 bridgehead atoms. The molecule has 0 aliphatic rings. The standard InChI is InChI=1S/C12H26N2O2/c1-10(9-15)5-4-8-14-12(16)11(2)6-3-7-13/h10-11,15H,3-9,13H2,1-2H3,(H,14,16). The Bertz CT molecular complexity index is 186. The molecule has 0 heterocycles. The molecule has 0 rings (SSSR count). The Balaban J connectivity index is 3.49. The lowest BCUT2D eigenvalue weighted by atomic mass is 10.0. The van der Waals surface area contributed by atoms with Crippen LogP contribution in [0.25, 0.3) is 0 Å². The molecule has 0 aliphatic carbocycles. The first-order chi connectivity index (χ1) is 7.61. The topological polar surface area (TPSA) is 75.3 Å². The number of aliphatic hydroxyl groups excluding tert-OH is 1. The number of carbonyl (C=O) groups excluding carboxylic acids is 1. The lowest BCUT2D eigenvalue weighted by molar-refractivity contribution is -0.124. The van der Waals surface area contributed by atoms with Crippen molar-refractivity contribution in [1.29, 1.82) is 0 Å². The average Bonchev–Trinajstić information content (AvgIpc) is 2.30. The first-order valence-corrected chi connectivity index (χ1v) is 6.20. The summed E-state index contributed by atoms with van der Waals surface area (Å²) in [5, 5.41) is 11.7. The number of hydrogen-bond acceptors (Lipinski definition) is 3. The van der Waals surface area contributed by atoms with Crippen molar-refractivity contribution in [2.45, 2.75) is 39.5 Å². The summed E-state index contributed by atoms with van der Waals surface area (Å²) in [4.78, 5) is 11.6. The van der Waals surface area contributed by atoms with Gasteiger partial charge in [0.2, 0.25) is 5.91 Å². The van der Waals surface area contributed by atoms with Gasteiger partial charge in [0.15, 0.2) is 0 Å². The zero-order chi connectivity index (χ0) is 12.4. The first-order valence-electron chi connectivity index (χ1n) is 6.20. The molecule has 0 aromatic heterocycles. The van der Waals surface area contributed by atoms with Crippen LogP contribution in [0.5, 0.6) is 0 Å². The van der Waals surface area contributed by atoms with Crippen molar-refractivity contribution in [3.05, 3.63) is 0 Å². The summed E-state index contributed by atoms with van der Waals surface area (Å²) < 4.78 is 0. The van der Waals surface area contributed by atoms with Crippen LogP contribution < -0.4 is 11.1 Å². The molecular weight excluding hydrogens is 204 g/mol. The Morgan fingerprint density at radius 2 is 2.00 bits per heavy atom. The number of hydrogen-bond donors (Lipinski definition) is 3. The van der Waals surface area contributed by atoms with E-state index < -0.39 is 0 Å². The Kier molecular flexibility index (Phi) is 9.24. The van der Waals surface area contributed by atoms with Gasteiger partial charge in [-0.3, -0.25) is 4.79 Å². The SMILES string of the molecule is CC(CO)CCCNC(=O)C(C)CCCN. The second-order valence-electron chi connectivity index (χ2n) is 4.55. The first kappa shape index (κ1) is 15.4. The summed E-state index contributed by atoms with van der Waals surface area (Å²) in [5.74, 6) is 0.496. The van der Waals surface area contributed by atoms with E-state index in [1.54, 1.807) is 0 Å². The minimum absolute atomic E-state index is 0.0545. The van der Waals surface area contributed by atoms with Crippen LogP contribution in [0, 0.1) is 11.8 Å². The summed E-state index contributed by atoms with van der Waals surface area (Å²) in [5.41, 5.74) is 5.39. The summed E-state index contributed by atoms with van der Waals surface area (Å²) in [7, 11) is 0. The number of nitrogens with one attached hydrogen (secondary N) is 1. The Labute approximate surface area is 98.6 Å². The summed E-state index contributed by atoms with van der Waals surface area (Å²) >= 11 is 0. The Morgan fingerprint density at radius 3 is 2.56 bits per heavy atom. The maximum atomic E-state index is 11.6. The predicted octanol–water partition coefficient (Wildman–Crippen LogP) is 0.886. The van der Waals surface area contributed by atoms with E-state index in [4.69, 9.17) is 10.8 Å². The van der Waals surface area contributed by atoms with Gasteiger partial charge in [-0.25, -0.2) is 0 Å². The second-order valence-corrected chi connectivity index (χ2v) is 4.55. The fourth-order valence-corrected chi connectivity index (χ4v) is 1.48. The highest BCUT2D eigenvalue weighted by molar-refractivity contribution is 5.78. The largest absolute Gasteiger partial charge is 0.396 e. The van der Waals surface area contributed by atoms with E-state index in [1.807, 2.05) is 13.8 Å². The third kappa shape index (κ3) is 7.65. The third-order valence-corrected chi connectivity index (χ3v) is 2.77. The smallest absolute Gasteiger partial charge is 0.222 e. The van der Waals surface area contributed by atoms with Crippen LogP contribution >= 0.6 is 0 Å². The van der Waals surface area contributed by atoms with Crippen molar-refractivity contribution >= 4 is 5.91 Å². The predicted molar refractivity (Wildman–Crippen MR) is 65.9 cm³/mol. The highest BCUT2D eigenvalue weighted by Crippen LogP contribution is 2.06. The van der Waals surface area contributed by atoms with Gasteiger partial charge in [0.25, 0.3) is 0 Å². The van der Waals surface area contributed by atoms with Crippen LogP contribution in [-0.4, -0.2) is 30.7 Å². The van der Waals surface area contributed by atoms with Crippen molar-refractivity contribution in [2.24, 2.45) is 17.6 Å². The zero-order valence-corrected chi connectivity index (χ0v) is 10.5. The minimum atomic E-state index is 0.0545. The Hall–Kier alpha value is -0.610. The van der Waals surface area contributed by atoms with Gasteiger partial charge in [-0.05, 0) is 38.1 Å². The van der Waals surface area contributed by atoms with Crippen molar-refractivity contribution in [3.8, 4) is 0 Å². The number of carbonyl (C=O) groups is 1. The molecule has 96 valence electrons. The third-order valence-electron chi connectivity index (χ3n) is 2.77. The molecule has 4 heteroatoms. The molecule has 2 atom stereocenters. The normalized spacial score (nSPS) is 14.5. The number of aliphatic hydroxyl groups is 1. The van der Waals surface area contributed by atoms with Crippen LogP contribution in [0.4, 0.5) is 0 Å². The highest BCUT2D eigenvalue weighted by atomic mass is 16.3. The molecule has 0 saturated carbocycles.